The Hall–Kier alpha value is -2.17. The predicted molar refractivity (Wildman–Crippen MR) is 68.4 cm³/mol. The van der Waals surface area contributed by atoms with Gasteiger partial charge in [-0.3, -0.25) is 0 Å². The minimum Gasteiger partial charge on any atom is -0.496 e. The van der Waals surface area contributed by atoms with Crippen molar-refractivity contribution < 1.29 is 14.2 Å². The Bertz CT molecular complexity index is 524. The van der Waals surface area contributed by atoms with E-state index in [0.717, 1.165) is 17.1 Å². The van der Waals surface area contributed by atoms with Crippen LogP contribution in [0, 0.1) is 6.92 Å². The van der Waals surface area contributed by atoms with E-state index < -0.39 is 0 Å². The fourth-order valence-electron chi connectivity index (χ4n) is 1.82. The second-order valence-electron chi connectivity index (χ2n) is 3.79. The lowest BCUT2D eigenvalue weighted by Crippen LogP contribution is -1.95. The fourth-order valence-corrected chi connectivity index (χ4v) is 1.82. The molecule has 0 aliphatic heterocycles. The van der Waals surface area contributed by atoms with Gasteiger partial charge in [-0.25, -0.2) is 4.98 Å². The molecule has 1 N–H and O–H groups in total. The summed E-state index contributed by atoms with van der Waals surface area (Å²) >= 11 is 0. The Morgan fingerprint density at radius 1 is 1.00 bits per heavy atom. The molecule has 0 saturated carbocycles. The number of nitrogens with zero attached hydrogens (tertiary/aromatic N) is 1. The number of benzene rings is 1. The van der Waals surface area contributed by atoms with Gasteiger partial charge in [0.2, 0.25) is 0 Å². The molecular formula is C13H16N2O3. The molecule has 0 fully saturated rings. The Kier molecular flexibility index (Phi) is 3.41. The summed E-state index contributed by atoms with van der Waals surface area (Å²) < 4.78 is 16.0. The molecule has 5 nitrogen and oxygen atoms in total. The molecule has 18 heavy (non-hydrogen) atoms. The number of hydrogen-bond acceptors (Lipinski definition) is 4. The highest BCUT2D eigenvalue weighted by atomic mass is 16.5. The summed E-state index contributed by atoms with van der Waals surface area (Å²) in [5, 5.41) is 0. The molecule has 0 saturated heterocycles. The number of hydrogen-bond donors (Lipinski definition) is 1. The van der Waals surface area contributed by atoms with Gasteiger partial charge in [-0.1, -0.05) is 0 Å². The molecule has 96 valence electrons. The maximum Gasteiger partial charge on any atom is 0.135 e. The van der Waals surface area contributed by atoms with Crippen LogP contribution in [0.5, 0.6) is 17.2 Å². The van der Waals surface area contributed by atoms with Gasteiger partial charge in [-0.05, 0) is 6.92 Å². The molecule has 0 unspecified atom stereocenters. The number of imidazole rings is 1. The minimum absolute atomic E-state index is 0.676. The number of nitrogens with one attached hydrogen (secondary N) is 1. The first-order valence-corrected chi connectivity index (χ1v) is 5.51. The Balaban J connectivity index is 2.63. The molecule has 0 radical (unpaired) electrons. The van der Waals surface area contributed by atoms with Crippen LogP contribution in [0.15, 0.2) is 18.3 Å². The monoisotopic (exact) mass is 248 g/mol. The van der Waals surface area contributed by atoms with E-state index in [9.17, 15) is 0 Å². The van der Waals surface area contributed by atoms with Crippen molar-refractivity contribution >= 4 is 0 Å². The summed E-state index contributed by atoms with van der Waals surface area (Å²) in [7, 11) is 4.83. The van der Waals surface area contributed by atoms with Crippen molar-refractivity contribution in [2.45, 2.75) is 6.92 Å². The van der Waals surface area contributed by atoms with E-state index in [2.05, 4.69) is 9.97 Å². The van der Waals surface area contributed by atoms with Crippen molar-refractivity contribution in [3.8, 4) is 28.5 Å². The lowest BCUT2D eigenvalue weighted by atomic mass is 10.1. The highest BCUT2D eigenvalue weighted by molar-refractivity contribution is 5.75. The van der Waals surface area contributed by atoms with Gasteiger partial charge < -0.3 is 19.2 Å². The molecule has 0 amide bonds. The molecule has 1 aromatic heterocycles. The largest absolute Gasteiger partial charge is 0.496 e. The number of aromatic nitrogens is 2. The zero-order chi connectivity index (χ0) is 13.1. The van der Waals surface area contributed by atoms with Crippen LogP contribution in [0.4, 0.5) is 0 Å². The summed E-state index contributed by atoms with van der Waals surface area (Å²) in [5.41, 5.74) is 1.69. The summed E-state index contributed by atoms with van der Waals surface area (Å²) in [5.74, 6) is 2.87. The van der Waals surface area contributed by atoms with Crippen LogP contribution in [0.2, 0.25) is 0 Å². The maximum absolute atomic E-state index is 5.39. The van der Waals surface area contributed by atoms with E-state index in [-0.39, 0.29) is 0 Å². The predicted octanol–water partition coefficient (Wildman–Crippen LogP) is 2.41. The van der Waals surface area contributed by atoms with Gasteiger partial charge in [0, 0.05) is 12.1 Å². The lowest BCUT2D eigenvalue weighted by molar-refractivity contribution is 0.377. The van der Waals surface area contributed by atoms with Crippen LogP contribution in [-0.2, 0) is 0 Å². The molecular weight excluding hydrogens is 232 g/mol. The standard InChI is InChI=1S/C13H16N2O3/c1-8-14-7-10(15-8)13-11(17-3)5-9(16-2)6-12(13)18-4/h5-7H,1-4H3,(H,14,15). The summed E-state index contributed by atoms with van der Waals surface area (Å²) in [6, 6.07) is 3.63. The molecule has 2 rings (SSSR count). The van der Waals surface area contributed by atoms with Gasteiger partial charge in [-0.15, -0.1) is 0 Å². The summed E-state index contributed by atoms with van der Waals surface area (Å²) in [6.07, 6.45) is 1.75. The van der Waals surface area contributed by atoms with Crippen LogP contribution in [0.1, 0.15) is 5.82 Å². The molecule has 0 spiro atoms. The third kappa shape index (κ3) is 2.11. The molecule has 1 aromatic carbocycles. The molecule has 0 atom stereocenters. The van der Waals surface area contributed by atoms with E-state index in [4.69, 9.17) is 14.2 Å². The molecule has 0 aliphatic rings. The topological polar surface area (TPSA) is 56.4 Å². The highest BCUT2D eigenvalue weighted by Gasteiger charge is 2.16. The van der Waals surface area contributed by atoms with Crippen LogP contribution < -0.4 is 14.2 Å². The van der Waals surface area contributed by atoms with E-state index in [0.29, 0.717) is 17.2 Å². The van der Waals surface area contributed by atoms with Gasteiger partial charge >= 0.3 is 0 Å². The Morgan fingerprint density at radius 3 is 2.00 bits per heavy atom. The van der Waals surface area contributed by atoms with Crippen LogP contribution >= 0.6 is 0 Å². The van der Waals surface area contributed by atoms with Crippen LogP contribution in [-0.4, -0.2) is 31.3 Å². The maximum atomic E-state index is 5.39. The van der Waals surface area contributed by atoms with Crippen LogP contribution in [0.25, 0.3) is 11.3 Å². The van der Waals surface area contributed by atoms with Gasteiger partial charge in [0.1, 0.15) is 23.1 Å². The first kappa shape index (κ1) is 12.3. The second-order valence-corrected chi connectivity index (χ2v) is 3.79. The number of rotatable bonds is 4. The molecule has 2 aromatic rings. The zero-order valence-electron chi connectivity index (χ0n) is 10.9. The van der Waals surface area contributed by atoms with Crippen molar-refractivity contribution in [1.29, 1.82) is 0 Å². The Labute approximate surface area is 106 Å². The smallest absolute Gasteiger partial charge is 0.135 e. The number of aryl methyl sites for hydroxylation is 1. The fraction of sp³-hybridized carbons (Fsp3) is 0.308. The van der Waals surface area contributed by atoms with E-state index >= 15 is 0 Å². The number of methoxy groups -OCH3 is 3. The zero-order valence-corrected chi connectivity index (χ0v) is 10.9. The lowest BCUT2D eigenvalue weighted by Gasteiger charge is -2.13. The first-order chi connectivity index (χ1) is 8.69. The highest BCUT2D eigenvalue weighted by Crippen LogP contribution is 2.40. The number of aromatic amines is 1. The van der Waals surface area contributed by atoms with Gasteiger partial charge in [-0.2, -0.15) is 0 Å². The number of ether oxygens (including phenoxy) is 3. The van der Waals surface area contributed by atoms with Gasteiger partial charge in [0.15, 0.2) is 0 Å². The van der Waals surface area contributed by atoms with E-state index in [1.807, 2.05) is 19.1 Å². The molecule has 1 heterocycles. The second kappa shape index (κ2) is 5.00. The van der Waals surface area contributed by atoms with Gasteiger partial charge in [0.05, 0.1) is 38.8 Å². The van der Waals surface area contributed by atoms with Crippen molar-refractivity contribution in [2.75, 3.05) is 21.3 Å². The van der Waals surface area contributed by atoms with Gasteiger partial charge in [0.25, 0.3) is 0 Å². The van der Waals surface area contributed by atoms with E-state index in [1.54, 1.807) is 27.5 Å². The quantitative estimate of drug-likeness (QED) is 0.902. The minimum atomic E-state index is 0.676. The first-order valence-electron chi connectivity index (χ1n) is 5.51. The third-order valence-corrected chi connectivity index (χ3v) is 2.69. The van der Waals surface area contributed by atoms with Crippen molar-refractivity contribution in [1.82, 2.24) is 9.97 Å². The summed E-state index contributed by atoms with van der Waals surface area (Å²) in [6.45, 7) is 1.89. The average molecular weight is 248 g/mol. The molecule has 0 bridgehead atoms. The third-order valence-electron chi connectivity index (χ3n) is 2.69. The SMILES string of the molecule is COc1cc(OC)c(-c2cnc(C)[nH]2)c(OC)c1. The van der Waals surface area contributed by atoms with Crippen molar-refractivity contribution in [3.05, 3.63) is 24.2 Å². The average Bonchev–Trinajstić information content (AvgIpc) is 2.83. The summed E-state index contributed by atoms with van der Waals surface area (Å²) in [4.78, 5) is 7.36. The molecule has 5 heteroatoms. The van der Waals surface area contributed by atoms with E-state index in [1.165, 1.54) is 0 Å². The Morgan fingerprint density at radius 2 is 1.61 bits per heavy atom. The molecule has 0 aliphatic carbocycles. The van der Waals surface area contributed by atoms with Crippen molar-refractivity contribution in [3.63, 3.8) is 0 Å². The number of H-pyrrole nitrogens is 1. The van der Waals surface area contributed by atoms with Crippen molar-refractivity contribution in [2.24, 2.45) is 0 Å². The normalized spacial score (nSPS) is 10.2. The van der Waals surface area contributed by atoms with Crippen LogP contribution in [0.3, 0.4) is 0 Å².